The van der Waals surface area contributed by atoms with Crippen LogP contribution in [-0.4, -0.2) is 43.7 Å². The molecule has 2 heterocycles. The molecule has 2 saturated heterocycles. The average molecular weight is 228 g/mol. The van der Waals surface area contributed by atoms with Gasteiger partial charge in [-0.05, 0) is 24.9 Å². The van der Waals surface area contributed by atoms with E-state index >= 15 is 0 Å². The first-order valence-electron chi connectivity index (χ1n) is 4.69. The van der Waals surface area contributed by atoms with Crippen LogP contribution in [0.4, 0.5) is 0 Å². The molecule has 2 rings (SSSR count). The molecule has 0 bridgehead atoms. The molecule has 0 N–H and O–H groups in total. The number of hydrogen-bond acceptors (Lipinski definition) is 2. The van der Waals surface area contributed by atoms with Crippen LogP contribution < -0.4 is 0 Å². The highest BCUT2D eigenvalue weighted by Gasteiger charge is 1.98. The van der Waals surface area contributed by atoms with Crippen molar-refractivity contribution in [3.05, 3.63) is 0 Å². The van der Waals surface area contributed by atoms with Crippen LogP contribution in [0.2, 0.25) is 12.1 Å². The molecule has 0 aliphatic carbocycles. The first-order chi connectivity index (χ1) is 6.00. The van der Waals surface area contributed by atoms with E-state index in [4.69, 9.17) is 8.85 Å². The van der Waals surface area contributed by atoms with Gasteiger partial charge in [0.15, 0.2) is 0 Å². The Balaban J connectivity index is 0.000000206. The van der Waals surface area contributed by atoms with Crippen LogP contribution >= 0.6 is 0 Å². The summed E-state index contributed by atoms with van der Waals surface area (Å²) in [6.45, 7) is 2.02. The molecule has 0 amide bonds. The van der Waals surface area contributed by atoms with Crippen molar-refractivity contribution in [2.75, 3.05) is 13.2 Å². The van der Waals surface area contributed by atoms with Crippen molar-refractivity contribution in [2.24, 2.45) is 0 Å². The summed E-state index contributed by atoms with van der Waals surface area (Å²) in [4.78, 5) is 0. The van der Waals surface area contributed by atoms with Crippen LogP contribution in [-0.2, 0) is 8.85 Å². The Morgan fingerprint density at radius 2 is 1.15 bits per heavy atom. The molecule has 0 unspecified atom stereocenters. The van der Waals surface area contributed by atoms with Gasteiger partial charge in [0.2, 0.25) is 19.5 Å². The molecule has 0 aromatic heterocycles. The molecular formula is C8H16O2Si3. The summed E-state index contributed by atoms with van der Waals surface area (Å²) < 4.78 is 10.2. The molecule has 2 aliphatic rings. The minimum absolute atomic E-state index is 0. The van der Waals surface area contributed by atoms with E-state index in [9.17, 15) is 0 Å². The second-order valence-electron chi connectivity index (χ2n) is 2.90. The first-order valence-corrected chi connectivity index (χ1v) is 6.92. The lowest BCUT2D eigenvalue weighted by atomic mass is 10.4. The molecule has 2 nitrogen and oxygen atoms in total. The van der Waals surface area contributed by atoms with Crippen molar-refractivity contribution >= 4 is 30.5 Å². The monoisotopic (exact) mass is 228 g/mol. The predicted molar refractivity (Wildman–Crippen MR) is 57.2 cm³/mol. The lowest BCUT2D eigenvalue weighted by molar-refractivity contribution is 0.304. The smallest absolute Gasteiger partial charge is 0.229 e. The second-order valence-corrected chi connectivity index (χ2v) is 5.05. The normalized spacial score (nSPS) is 22.2. The zero-order valence-electron chi connectivity index (χ0n) is 7.97. The van der Waals surface area contributed by atoms with Gasteiger partial charge in [-0.15, -0.1) is 0 Å². The third-order valence-corrected chi connectivity index (χ3v) is 3.69. The third kappa shape index (κ3) is 8.89. The van der Waals surface area contributed by atoms with E-state index in [1.54, 1.807) is 0 Å². The van der Waals surface area contributed by atoms with Gasteiger partial charge < -0.3 is 8.85 Å². The van der Waals surface area contributed by atoms with E-state index in [1.165, 1.54) is 37.8 Å². The van der Waals surface area contributed by atoms with Gasteiger partial charge in [-0.2, -0.15) is 0 Å². The molecule has 0 aromatic rings. The van der Waals surface area contributed by atoms with Crippen molar-refractivity contribution in [1.29, 1.82) is 0 Å². The topological polar surface area (TPSA) is 18.5 Å². The van der Waals surface area contributed by atoms with Crippen LogP contribution in [0.1, 0.15) is 25.7 Å². The van der Waals surface area contributed by atoms with Gasteiger partial charge in [-0.1, -0.05) is 12.8 Å². The fourth-order valence-corrected chi connectivity index (χ4v) is 2.69. The van der Waals surface area contributed by atoms with Gasteiger partial charge >= 0.3 is 0 Å². The molecule has 2 fully saturated rings. The summed E-state index contributed by atoms with van der Waals surface area (Å²) in [5, 5.41) is 0. The van der Waals surface area contributed by atoms with Crippen LogP contribution in [0, 0.1) is 0 Å². The van der Waals surface area contributed by atoms with Gasteiger partial charge in [0.05, 0.1) is 0 Å². The van der Waals surface area contributed by atoms with Crippen LogP contribution in [0.3, 0.4) is 0 Å². The van der Waals surface area contributed by atoms with E-state index in [2.05, 4.69) is 0 Å². The molecule has 0 atom stereocenters. The molecule has 8 radical (unpaired) electrons. The standard InChI is InChI=1S/2C4H8OSi.Si/c2*1-2-4-6-5-3-1;/h2*1-4H2;. The van der Waals surface area contributed by atoms with E-state index in [-0.39, 0.29) is 11.0 Å². The maximum absolute atomic E-state index is 5.10. The van der Waals surface area contributed by atoms with Crippen molar-refractivity contribution < 1.29 is 8.85 Å². The first kappa shape index (κ1) is 13.6. The highest BCUT2D eigenvalue weighted by molar-refractivity contribution is 6.27. The van der Waals surface area contributed by atoms with Crippen molar-refractivity contribution in [3.63, 3.8) is 0 Å². The Hall–Kier alpha value is 0.571. The summed E-state index contributed by atoms with van der Waals surface area (Å²) in [5.74, 6) is 0. The Labute approximate surface area is 90.7 Å². The molecule has 5 heteroatoms. The van der Waals surface area contributed by atoms with E-state index in [0.717, 1.165) is 32.7 Å². The maximum atomic E-state index is 5.10. The van der Waals surface area contributed by atoms with Gasteiger partial charge in [0.25, 0.3) is 0 Å². The average Bonchev–Trinajstić information content (AvgIpc) is 2.24. The summed E-state index contributed by atoms with van der Waals surface area (Å²) in [7, 11) is 1.60. The maximum Gasteiger partial charge on any atom is 0.229 e. The van der Waals surface area contributed by atoms with Crippen molar-refractivity contribution in [1.82, 2.24) is 0 Å². The molecular weight excluding hydrogens is 212 g/mol. The fraction of sp³-hybridized carbons (Fsp3) is 1.00. The summed E-state index contributed by atoms with van der Waals surface area (Å²) >= 11 is 0. The molecule has 72 valence electrons. The zero-order valence-corrected chi connectivity index (χ0v) is 11.0. The molecule has 0 saturated carbocycles. The molecule has 13 heavy (non-hydrogen) atoms. The Bertz CT molecular complexity index is 60.4. The van der Waals surface area contributed by atoms with Gasteiger partial charge in [-0.3, -0.25) is 0 Å². The van der Waals surface area contributed by atoms with E-state index in [0.29, 0.717) is 0 Å². The molecule has 0 spiro atoms. The van der Waals surface area contributed by atoms with E-state index < -0.39 is 0 Å². The van der Waals surface area contributed by atoms with Crippen LogP contribution in [0.15, 0.2) is 0 Å². The summed E-state index contributed by atoms with van der Waals surface area (Å²) in [5.41, 5.74) is 0. The summed E-state index contributed by atoms with van der Waals surface area (Å²) in [6.07, 6.45) is 5.34. The van der Waals surface area contributed by atoms with E-state index in [1.807, 2.05) is 0 Å². The molecule has 0 aromatic carbocycles. The Morgan fingerprint density at radius 3 is 1.23 bits per heavy atom. The van der Waals surface area contributed by atoms with Crippen molar-refractivity contribution in [3.8, 4) is 0 Å². The van der Waals surface area contributed by atoms with Crippen LogP contribution in [0.5, 0.6) is 0 Å². The quantitative estimate of drug-likeness (QED) is 0.582. The second kappa shape index (κ2) is 10.7. The minimum atomic E-state index is 0. The van der Waals surface area contributed by atoms with Crippen LogP contribution in [0.25, 0.3) is 0 Å². The number of hydrogen-bond donors (Lipinski definition) is 0. The third-order valence-electron chi connectivity index (χ3n) is 1.75. The number of rotatable bonds is 0. The van der Waals surface area contributed by atoms with Gasteiger partial charge in [0, 0.05) is 24.2 Å². The Morgan fingerprint density at radius 1 is 0.692 bits per heavy atom. The van der Waals surface area contributed by atoms with Crippen molar-refractivity contribution in [2.45, 2.75) is 37.8 Å². The SMILES string of the molecule is C1CC[Si]OC1.C1CC[Si]OC1.[Si]. The summed E-state index contributed by atoms with van der Waals surface area (Å²) in [6, 6.07) is 2.61. The molecule has 2 aliphatic heterocycles. The highest BCUT2D eigenvalue weighted by Crippen LogP contribution is 2.01. The van der Waals surface area contributed by atoms with Gasteiger partial charge in [-0.25, -0.2) is 0 Å². The largest absolute Gasteiger partial charge is 0.417 e. The predicted octanol–water partition coefficient (Wildman–Crippen LogP) is 1.29. The lowest BCUT2D eigenvalue weighted by Gasteiger charge is -2.06. The lowest BCUT2D eigenvalue weighted by Crippen LogP contribution is -2.06. The minimum Gasteiger partial charge on any atom is -0.417 e. The van der Waals surface area contributed by atoms with Gasteiger partial charge in [0.1, 0.15) is 0 Å². The Kier molecular flexibility index (Phi) is 11.1. The highest BCUT2D eigenvalue weighted by atomic mass is 28.2. The fourth-order valence-electron chi connectivity index (χ4n) is 1.03. The zero-order chi connectivity index (χ0) is 8.49.